The van der Waals surface area contributed by atoms with Crippen LogP contribution in [0.3, 0.4) is 0 Å². The maximum Gasteiger partial charge on any atom is 0.236 e. The number of nitrogens with zero attached hydrogens (tertiary/aromatic N) is 2. The van der Waals surface area contributed by atoms with Crippen LogP contribution >= 0.6 is 23.2 Å². The Morgan fingerprint density at radius 1 is 0.806 bits per heavy atom. The van der Waals surface area contributed by atoms with Gasteiger partial charge >= 0.3 is 0 Å². The molecule has 3 aromatic rings. The second kappa shape index (κ2) is 11.4. The van der Waals surface area contributed by atoms with Gasteiger partial charge in [0.05, 0.1) is 6.54 Å². The van der Waals surface area contributed by atoms with Crippen LogP contribution in [-0.4, -0.2) is 61.0 Å². The van der Waals surface area contributed by atoms with Crippen molar-refractivity contribution in [1.82, 2.24) is 9.80 Å². The van der Waals surface area contributed by atoms with Gasteiger partial charge in [0.2, 0.25) is 5.91 Å². The highest BCUT2D eigenvalue weighted by Gasteiger charge is 2.45. The van der Waals surface area contributed by atoms with E-state index in [1.165, 1.54) is 4.90 Å². The first-order chi connectivity index (χ1) is 17.3. The number of ketones is 2. The Morgan fingerprint density at radius 2 is 1.31 bits per heavy atom. The van der Waals surface area contributed by atoms with E-state index in [1.54, 1.807) is 50.5 Å². The number of rotatable bonds is 7. The average molecular weight is 523 g/mol. The first-order valence-electron chi connectivity index (χ1n) is 11.8. The van der Waals surface area contributed by atoms with Crippen LogP contribution in [0.25, 0.3) is 0 Å². The molecule has 0 radical (unpaired) electrons. The predicted octanol–water partition coefficient (Wildman–Crippen LogP) is 5.48. The number of piperidine rings is 1. The van der Waals surface area contributed by atoms with Gasteiger partial charge in [0.1, 0.15) is 0 Å². The fourth-order valence-electron chi connectivity index (χ4n) is 4.93. The molecule has 0 saturated carbocycles. The summed E-state index contributed by atoms with van der Waals surface area (Å²) in [6, 6.07) is 23.3. The summed E-state index contributed by atoms with van der Waals surface area (Å²) in [5.41, 5.74) is 1.83. The van der Waals surface area contributed by atoms with E-state index in [4.69, 9.17) is 23.2 Å². The lowest BCUT2D eigenvalue weighted by molar-refractivity contribution is -0.130. The molecule has 2 atom stereocenters. The molecule has 1 saturated heterocycles. The maximum atomic E-state index is 13.9. The fraction of sp³-hybridized carbons (Fsp3) is 0.276. The quantitative estimate of drug-likeness (QED) is 0.385. The van der Waals surface area contributed by atoms with Crippen LogP contribution in [0.15, 0.2) is 78.9 Å². The molecule has 1 heterocycles. The highest BCUT2D eigenvalue weighted by Crippen LogP contribution is 2.43. The van der Waals surface area contributed by atoms with E-state index in [0.29, 0.717) is 39.8 Å². The lowest BCUT2D eigenvalue weighted by atomic mass is 9.68. The highest BCUT2D eigenvalue weighted by molar-refractivity contribution is 6.35. The van der Waals surface area contributed by atoms with Crippen molar-refractivity contribution < 1.29 is 14.4 Å². The number of hydrogen-bond acceptors (Lipinski definition) is 4. The van der Waals surface area contributed by atoms with Gasteiger partial charge in [0.15, 0.2) is 11.6 Å². The lowest BCUT2D eigenvalue weighted by Crippen LogP contribution is -2.52. The van der Waals surface area contributed by atoms with Gasteiger partial charge in [-0.3, -0.25) is 19.3 Å². The number of Topliss-reactive ketones (excluding diaryl/α,β-unsaturated/α-hetero) is 2. The third-order valence-electron chi connectivity index (χ3n) is 6.75. The Labute approximate surface area is 221 Å². The van der Waals surface area contributed by atoms with Crippen molar-refractivity contribution >= 4 is 40.7 Å². The van der Waals surface area contributed by atoms with Crippen LogP contribution in [0, 0.1) is 11.8 Å². The van der Waals surface area contributed by atoms with Crippen LogP contribution in [0.4, 0.5) is 0 Å². The van der Waals surface area contributed by atoms with Gasteiger partial charge in [-0.2, -0.15) is 0 Å². The highest BCUT2D eigenvalue weighted by atomic mass is 35.5. The molecule has 0 spiro atoms. The van der Waals surface area contributed by atoms with Gasteiger partial charge in [-0.25, -0.2) is 0 Å². The van der Waals surface area contributed by atoms with Gasteiger partial charge in [0.25, 0.3) is 0 Å². The van der Waals surface area contributed by atoms with Crippen LogP contribution in [0.5, 0.6) is 0 Å². The number of likely N-dealkylation sites (N-methyl/N-ethyl adjacent to an activating group) is 1. The van der Waals surface area contributed by atoms with Crippen molar-refractivity contribution in [1.29, 1.82) is 0 Å². The second-order valence-electron chi connectivity index (χ2n) is 9.35. The van der Waals surface area contributed by atoms with E-state index in [-0.39, 0.29) is 24.0 Å². The number of halogens is 2. The summed E-state index contributed by atoms with van der Waals surface area (Å²) >= 11 is 12.9. The summed E-state index contributed by atoms with van der Waals surface area (Å²) in [6.45, 7) is 0.774. The Bertz CT molecular complexity index is 1190. The standard InChI is InChI=1S/C29H28Cl2N2O3/c1-32(2)26(34)18-33-16-23(28(35)19-9-5-3-6-10-19)27(22-14-13-21(30)15-25(22)31)24(17-33)29(36)20-11-7-4-8-12-20/h3-15,23-24,27H,16-18H2,1-2H3. The zero-order chi connectivity index (χ0) is 25.8. The van der Waals surface area contributed by atoms with Gasteiger partial charge in [-0.15, -0.1) is 0 Å². The molecular weight excluding hydrogens is 495 g/mol. The molecule has 0 aromatic heterocycles. The zero-order valence-corrected chi connectivity index (χ0v) is 21.7. The summed E-state index contributed by atoms with van der Waals surface area (Å²) in [5.74, 6) is -1.92. The van der Waals surface area contributed by atoms with Crippen molar-refractivity contribution in [2.75, 3.05) is 33.7 Å². The fourth-order valence-corrected chi connectivity index (χ4v) is 5.47. The van der Waals surface area contributed by atoms with E-state index in [9.17, 15) is 14.4 Å². The minimum absolute atomic E-state index is 0.0838. The van der Waals surface area contributed by atoms with Gasteiger partial charge in [-0.1, -0.05) is 89.9 Å². The number of carbonyl (C=O) groups excluding carboxylic acids is 3. The van der Waals surface area contributed by atoms with Crippen molar-refractivity contribution in [3.05, 3.63) is 106 Å². The third-order valence-corrected chi connectivity index (χ3v) is 7.31. The Balaban J connectivity index is 1.84. The minimum atomic E-state index is -0.590. The minimum Gasteiger partial charge on any atom is -0.348 e. The number of hydrogen-bond donors (Lipinski definition) is 0. The summed E-state index contributed by atoms with van der Waals surface area (Å²) < 4.78 is 0. The van der Waals surface area contributed by atoms with E-state index in [1.807, 2.05) is 47.4 Å². The molecule has 7 heteroatoms. The lowest BCUT2D eigenvalue weighted by Gasteiger charge is -2.43. The molecule has 2 unspecified atom stereocenters. The molecule has 5 nitrogen and oxygen atoms in total. The monoisotopic (exact) mass is 522 g/mol. The van der Waals surface area contributed by atoms with E-state index < -0.39 is 17.8 Å². The van der Waals surface area contributed by atoms with Crippen LogP contribution in [0.1, 0.15) is 32.2 Å². The first kappa shape index (κ1) is 26.1. The predicted molar refractivity (Wildman–Crippen MR) is 143 cm³/mol. The molecule has 4 rings (SSSR count). The molecule has 1 amide bonds. The number of likely N-dealkylation sites (tertiary alicyclic amines) is 1. The topological polar surface area (TPSA) is 57.7 Å². The smallest absolute Gasteiger partial charge is 0.236 e. The average Bonchev–Trinajstić information content (AvgIpc) is 2.88. The van der Waals surface area contributed by atoms with Crippen molar-refractivity contribution in [2.24, 2.45) is 11.8 Å². The van der Waals surface area contributed by atoms with Gasteiger partial charge in [-0.05, 0) is 17.7 Å². The third kappa shape index (κ3) is 5.70. The first-order valence-corrected chi connectivity index (χ1v) is 12.6. The number of benzene rings is 3. The summed E-state index contributed by atoms with van der Waals surface area (Å²) in [5, 5.41) is 0.900. The summed E-state index contributed by atoms with van der Waals surface area (Å²) in [7, 11) is 3.39. The largest absolute Gasteiger partial charge is 0.348 e. The molecule has 36 heavy (non-hydrogen) atoms. The van der Waals surface area contributed by atoms with Crippen molar-refractivity contribution in [2.45, 2.75) is 5.92 Å². The second-order valence-corrected chi connectivity index (χ2v) is 10.2. The molecule has 0 aliphatic carbocycles. The molecule has 1 fully saturated rings. The van der Waals surface area contributed by atoms with E-state index >= 15 is 0 Å². The van der Waals surface area contributed by atoms with Crippen molar-refractivity contribution in [3.63, 3.8) is 0 Å². The van der Waals surface area contributed by atoms with Crippen molar-refractivity contribution in [3.8, 4) is 0 Å². The zero-order valence-electron chi connectivity index (χ0n) is 20.2. The van der Waals surface area contributed by atoms with Crippen LogP contribution < -0.4 is 0 Å². The Hall–Kier alpha value is -2.99. The molecule has 1 aliphatic heterocycles. The number of carbonyl (C=O) groups is 3. The van der Waals surface area contributed by atoms with Crippen LogP contribution in [0.2, 0.25) is 10.0 Å². The molecule has 0 N–H and O–H groups in total. The summed E-state index contributed by atoms with van der Waals surface area (Å²) in [4.78, 5) is 43.9. The summed E-state index contributed by atoms with van der Waals surface area (Å²) in [6.07, 6.45) is 0. The molecule has 186 valence electrons. The van der Waals surface area contributed by atoms with Crippen LogP contribution in [-0.2, 0) is 4.79 Å². The Kier molecular flexibility index (Phi) is 8.24. The maximum absolute atomic E-state index is 13.9. The van der Waals surface area contributed by atoms with E-state index in [2.05, 4.69) is 0 Å². The molecule has 0 bridgehead atoms. The molecular formula is C29H28Cl2N2O3. The SMILES string of the molecule is CN(C)C(=O)CN1CC(C(=O)c2ccccc2)C(c2ccc(Cl)cc2Cl)C(C(=O)c2ccccc2)C1. The van der Waals surface area contributed by atoms with Gasteiger partial charge < -0.3 is 4.90 Å². The van der Waals surface area contributed by atoms with E-state index in [0.717, 1.165) is 0 Å². The number of amides is 1. The molecule has 3 aromatic carbocycles. The normalized spacial score (nSPS) is 20.1. The molecule has 1 aliphatic rings. The Morgan fingerprint density at radius 3 is 1.75 bits per heavy atom. The van der Waals surface area contributed by atoms with Gasteiger partial charge in [0, 0.05) is 66.1 Å².